The second-order valence-electron chi connectivity index (χ2n) is 11.1. The smallest absolute Gasteiger partial charge is 0.312 e. The number of benzene rings is 1. The minimum Gasteiger partial charge on any atom is -0.352 e. The fourth-order valence-corrected chi connectivity index (χ4v) is 5.37. The number of hydrogen-bond acceptors (Lipinski definition) is 1. The van der Waals surface area contributed by atoms with Gasteiger partial charge in [-0.25, -0.2) is 4.79 Å². The number of carbonyl (C=O) groups excluding carboxylic acids is 1. The number of primary amides is 1. The molecule has 1 aromatic rings. The third-order valence-corrected chi connectivity index (χ3v) is 7.64. The first-order valence-electron chi connectivity index (χ1n) is 15.8. The molecule has 2 amide bonds. The third kappa shape index (κ3) is 18.7. The molecule has 1 atom stereocenters. The van der Waals surface area contributed by atoms with Crippen molar-refractivity contribution < 1.29 is 4.79 Å². The van der Waals surface area contributed by atoms with Gasteiger partial charge in [0.15, 0.2) is 0 Å². The molecular formula is C33H60N2O. The molecule has 0 aromatic heterocycles. The first kappa shape index (κ1) is 32.5. The maximum Gasteiger partial charge on any atom is 0.312 e. The van der Waals surface area contributed by atoms with Gasteiger partial charge in [-0.1, -0.05) is 160 Å². The fraction of sp³-hybridized carbons (Fsp3) is 0.788. The van der Waals surface area contributed by atoms with Crippen LogP contribution in [0.3, 0.4) is 0 Å². The van der Waals surface area contributed by atoms with Crippen LogP contribution in [0.4, 0.5) is 4.79 Å². The molecule has 0 heterocycles. The predicted molar refractivity (Wildman–Crippen MR) is 159 cm³/mol. The average molecular weight is 501 g/mol. The van der Waals surface area contributed by atoms with Crippen molar-refractivity contribution in [1.29, 1.82) is 0 Å². The first-order valence-corrected chi connectivity index (χ1v) is 15.8. The normalized spacial score (nSPS) is 12.1. The van der Waals surface area contributed by atoms with Crippen LogP contribution in [-0.2, 0) is 12.8 Å². The number of rotatable bonds is 25. The maximum atomic E-state index is 11.6. The Bertz CT molecular complexity index is 630. The Kier molecular flexibility index (Phi) is 21.6. The highest BCUT2D eigenvalue weighted by Gasteiger charge is 2.13. The highest BCUT2D eigenvalue weighted by atomic mass is 16.2. The summed E-state index contributed by atoms with van der Waals surface area (Å²) in [6.07, 6.45) is 30.2. The Balaban J connectivity index is 2.28. The van der Waals surface area contributed by atoms with Crippen molar-refractivity contribution >= 4 is 6.03 Å². The van der Waals surface area contributed by atoms with Crippen LogP contribution in [-0.4, -0.2) is 12.1 Å². The Labute approximate surface area is 224 Å². The van der Waals surface area contributed by atoms with Crippen LogP contribution < -0.4 is 11.1 Å². The van der Waals surface area contributed by atoms with E-state index < -0.39 is 6.03 Å². The van der Waals surface area contributed by atoms with E-state index in [1.165, 1.54) is 140 Å². The van der Waals surface area contributed by atoms with Gasteiger partial charge in [-0.3, -0.25) is 0 Å². The number of hydrogen-bond donors (Lipinski definition) is 2. The van der Waals surface area contributed by atoms with Crippen molar-refractivity contribution in [3.8, 4) is 0 Å². The zero-order valence-corrected chi connectivity index (χ0v) is 24.1. The van der Waals surface area contributed by atoms with Crippen LogP contribution in [0.1, 0.15) is 160 Å². The number of urea groups is 1. The van der Waals surface area contributed by atoms with Crippen LogP contribution in [0.2, 0.25) is 0 Å². The van der Waals surface area contributed by atoms with E-state index in [4.69, 9.17) is 5.73 Å². The molecule has 0 aliphatic rings. The van der Waals surface area contributed by atoms with E-state index in [0.717, 1.165) is 19.3 Å². The molecule has 0 radical (unpaired) electrons. The molecule has 36 heavy (non-hydrogen) atoms. The van der Waals surface area contributed by atoms with Crippen molar-refractivity contribution in [1.82, 2.24) is 5.32 Å². The highest BCUT2D eigenvalue weighted by Crippen LogP contribution is 2.19. The molecule has 1 unspecified atom stereocenters. The minimum atomic E-state index is -0.390. The third-order valence-electron chi connectivity index (χ3n) is 7.64. The van der Waals surface area contributed by atoms with Crippen LogP contribution in [0.25, 0.3) is 0 Å². The molecule has 0 fully saturated rings. The summed E-state index contributed by atoms with van der Waals surface area (Å²) < 4.78 is 0. The van der Waals surface area contributed by atoms with Gasteiger partial charge in [0.2, 0.25) is 0 Å². The molecule has 0 saturated heterocycles. The summed E-state index contributed by atoms with van der Waals surface area (Å²) in [5, 5.41) is 3.03. The largest absolute Gasteiger partial charge is 0.352 e. The lowest BCUT2D eigenvalue weighted by Crippen LogP contribution is -2.40. The zero-order valence-electron chi connectivity index (χ0n) is 24.1. The monoisotopic (exact) mass is 500 g/mol. The fourth-order valence-electron chi connectivity index (χ4n) is 5.37. The molecule has 1 aromatic carbocycles. The topological polar surface area (TPSA) is 55.1 Å². The van der Waals surface area contributed by atoms with Gasteiger partial charge < -0.3 is 11.1 Å². The first-order chi connectivity index (χ1) is 17.7. The van der Waals surface area contributed by atoms with Crippen molar-refractivity contribution in [2.75, 3.05) is 0 Å². The van der Waals surface area contributed by atoms with Crippen LogP contribution in [0.15, 0.2) is 24.3 Å². The predicted octanol–water partition coefficient (Wildman–Crippen LogP) is 10.0. The Morgan fingerprint density at radius 2 is 1.06 bits per heavy atom. The van der Waals surface area contributed by atoms with Crippen molar-refractivity contribution in [3.63, 3.8) is 0 Å². The molecule has 0 spiro atoms. The SMILES string of the molecule is CCCCCCCCCCCCCc1ccccc1CC(CCCCCCCCCCC)NC(N)=O. The van der Waals surface area contributed by atoms with E-state index in [9.17, 15) is 4.79 Å². The van der Waals surface area contributed by atoms with Crippen LogP contribution in [0, 0.1) is 0 Å². The molecule has 1 rings (SSSR count). The summed E-state index contributed by atoms with van der Waals surface area (Å²) in [7, 11) is 0. The highest BCUT2D eigenvalue weighted by molar-refractivity contribution is 5.72. The molecule has 3 N–H and O–H groups in total. The van der Waals surface area contributed by atoms with E-state index >= 15 is 0 Å². The Morgan fingerprint density at radius 1 is 0.639 bits per heavy atom. The van der Waals surface area contributed by atoms with Gasteiger partial charge in [0.1, 0.15) is 0 Å². The molecule has 0 aliphatic heterocycles. The van der Waals surface area contributed by atoms with Gasteiger partial charge in [0.05, 0.1) is 0 Å². The van der Waals surface area contributed by atoms with Gasteiger partial charge in [-0.15, -0.1) is 0 Å². The van der Waals surface area contributed by atoms with Gasteiger partial charge in [0, 0.05) is 6.04 Å². The lowest BCUT2D eigenvalue weighted by molar-refractivity contribution is 0.244. The summed E-state index contributed by atoms with van der Waals surface area (Å²) in [6, 6.07) is 8.59. The Morgan fingerprint density at radius 3 is 1.53 bits per heavy atom. The number of amides is 2. The quantitative estimate of drug-likeness (QED) is 0.129. The van der Waals surface area contributed by atoms with E-state index in [-0.39, 0.29) is 6.04 Å². The van der Waals surface area contributed by atoms with Gasteiger partial charge in [-0.2, -0.15) is 0 Å². The lowest BCUT2D eigenvalue weighted by Gasteiger charge is -2.19. The molecule has 0 aliphatic carbocycles. The minimum absolute atomic E-state index is 0.144. The standard InChI is InChI=1S/C33H60N2O/c1-3-5-7-9-11-13-14-16-17-19-21-25-30-26-23-24-27-31(30)29-32(35-33(34)36)28-22-20-18-15-12-10-8-6-4-2/h23-24,26-27,32H,3-22,25,28-29H2,1-2H3,(H3,34,35,36). The second kappa shape index (κ2) is 23.9. The summed E-state index contributed by atoms with van der Waals surface area (Å²) in [6.45, 7) is 4.56. The number of aryl methyl sites for hydroxylation is 1. The molecule has 0 bridgehead atoms. The van der Waals surface area contributed by atoms with Gasteiger partial charge in [0.25, 0.3) is 0 Å². The zero-order chi connectivity index (χ0) is 26.1. The van der Waals surface area contributed by atoms with Crippen molar-refractivity contribution in [2.24, 2.45) is 5.73 Å². The molecule has 3 heteroatoms. The second-order valence-corrected chi connectivity index (χ2v) is 11.1. The van der Waals surface area contributed by atoms with E-state index in [1.54, 1.807) is 0 Å². The van der Waals surface area contributed by atoms with Crippen molar-refractivity contribution in [3.05, 3.63) is 35.4 Å². The summed E-state index contributed by atoms with van der Waals surface area (Å²) in [5.41, 5.74) is 8.37. The Hall–Kier alpha value is -1.51. The molecular weight excluding hydrogens is 440 g/mol. The molecule has 0 saturated carbocycles. The lowest BCUT2D eigenvalue weighted by atomic mass is 9.93. The number of unbranched alkanes of at least 4 members (excludes halogenated alkanes) is 18. The molecule has 3 nitrogen and oxygen atoms in total. The summed E-state index contributed by atoms with van der Waals surface area (Å²) in [5.74, 6) is 0. The molecule has 208 valence electrons. The average Bonchev–Trinajstić information content (AvgIpc) is 2.86. The van der Waals surface area contributed by atoms with Crippen LogP contribution >= 0.6 is 0 Å². The van der Waals surface area contributed by atoms with E-state index in [2.05, 4.69) is 43.4 Å². The number of nitrogens with two attached hydrogens (primary N) is 1. The number of nitrogens with one attached hydrogen (secondary N) is 1. The van der Waals surface area contributed by atoms with Gasteiger partial charge >= 0.3 is 6.03 Å². The van der Waals surface area contributed by atoms with Crippen LogP contribution in [0.5, 0.6) is 0 Å². The van der Waals surface area contributed by atoms with E-state index in [0.29, 0.717) is 0 Å². The maximum absolute atomic E-state index is 11.6. The van der Waals surface area contributed by atoms with E-state index in [1.807, 2.05) is 0 Å². The van der Waals surface area contributed by atoms with Crippen molar-refractivity contribution in [2.45, 2.75) is 168 Å². The summed E-state index contributed by atoms with van der Waals surface area (Å²) in [4.78, 5) is 11.6. The number of carbonyl (C=O) groups is 1. The van der Waals surface area contributed by atoms with Gasteiger partial charge in [-0.05, 0) is 36.8 Å². The summed E-state index contributed by atoms with van der Waals surface area (Å²) >= 11 is 0.